The number of likely N-dealkylation sites (tertiary alicyclic amines) is 1. The highest BCUT2D eigenvalue weighted by molar-refractivity contribution is 5.97. The van der Waals surface area contributed by atoms with Crippen molar-refractivity contribution in [1.29, 1.82) is 0 Å². The highest BCUT2D eigenvalue weighted by Crippen LogP contribution is 2.29. The van der Waals surface area contributed by atoms with E-state index >= 15 is 0 Å². The van der Waals surface area contributed by atoms with Gasteiger partial charge in [-0.15, -0.1) is 0 Å². The second kappa shape index (κ2) is 6.40. The molecule has 1 heterocycles. The number of Topliss-reactive ketones (excluding diaryl/α,β-unsaturated/α-hetero) is 1. The molecule has 1 aromatic rings. The first-order chi connectivity index (χ1) is 9.50. The van der Waals surface area contributed by atoms with Crippen molar-refractivity contribution in [3.05, 3.63) is 29.8 Å². The van der Waals surface area contributed by atoms with E-state index < -0.39 is 0 Å². The van der Waals surface area contributed by atoms with Crippen LogP contribution >= 0.6 is 0 Å². The van der Waals surface area contributed by atoms with Gasteiger partial charge < -0.3 is 4.74 Å². The summed E-state index contributed by atoms with van der Waals surface area (Å²) >= 11 is 0. The molecule has 2 rings (SSSR count). The minimum atomic E-state index is 0.202. The van der Waals surface area contributed by atoms with E-state index in [-0.39, 0.29) is 5.78 Å². The van der Waals surface area contributed by atoms with Gasteiger partial charge in [0.25, 0.3) is 0 Å². The van der Waals surface area contributed by atoms with Crippen molar-refractivity contribution < 1.29 is 9.53 Å². The Morgan fingerprint density at radius 2 is 1.80 bits per heavy atom. The quantitative estimate of drug-likeness (QED) is 0.771. The minimum Gasteiger partial charge on any atom is -0.494 e. The highest BCUT2D eigenvalue weighted by Gasteiger charge is 2.26. The molecular formula is C17H25NO2. The standard InChI is InChI=1S/C17H25NO2/c1-4-20-15-7-5-14(6-8-15)16(19)13-18-11-9-17(2,3)10-12-18/h5-8H,4,9-13H2,1-3H3. The van der Waals surface area contributed by atoms with Crippen molar-refractivity contribution in [3.8, 4) is 5.75 Å². The summed E-state index contributed by atoms with van der Waals surface area (Å²) in [6.07, 6.45) is 2.34. The van der Waals surface area contributed by atoms with E-state index in [1.165, 1.54) is 12.8 Å². The molecule has 3 heteroatoms. The molecule has 0 spiro atoms. The van der Waals surface area contributed by atoms with Gasteiger partial charge in [-0.25, -0.2) is 0 Å². The fourth-order valence-corrected chi connectivity index (χ4v) is 2.51. The number of carbonyl (C=O) groups excluding carboxylic acids is 1. The maximum atomic E-state index is 12.3. The summed E-state index contributed by atoms with van der Waals surface area (Å²) in [6.45, 7) is 9.79. The fourth-order valence-electron chi connectivity index (χ4n) is 2.51. The molecule has 1 fully saturated rings. The van der Waals surface area contributed by atoms with Crippen LogP contribution in [0.3, 0.4) is 0 Å². The van der Waals surface area contributed by atoms with E-state index in [2.05, 4.69) is 18.7 Å². The van der Waals surface area contributed by atoms with Gasteiger partial charge in [0.15, 0.2) is 5.78 Å². The third kappa shape index (κ3) is 4.07. The predicted octanol–water partition coefficient (Wildman–Crippen LogP) is 3.39. The number of ketones is 1. The molecule has 1 aliphatic heterocycles. The maximum absolute atomic E-state index is 12.3. The van der Waals surface area contributed by atoms with Gasteiger partial charge in [-0.2, -0.15) is 0 Å². The molecule has 0 atom stereocenters. The molecule has 0 N–H and O–H groups in total. The normalized spacial score (nSPS) is 18.8. The Hall–Kier alpha value is -1.35. The number of hydrogen-bond donors (Lipinski definition) is 0. The lowest BCUT2D eigenvalue weighted by atomic mass is 9.82. The van der Waals surface area contributed by atoms with E-state index in [1.807, 2.05) is 31.2 Å². The second-order valence-electron chi connectivity index (χ2n) is 6.32. The van der Waals surface area contributed by atoms with E-state index in [0.717, 1.165) is 24.4 Å². The summed E-state index contributed by atoms with van der Waals surface area (Å²) in [5.41, 5.74) is 1.21. The first-order valence-corrected chi connectivity index (χ1v) is 7.48. The average Bonchev–Trinajstić information content (AvgIpc) is 2.42. The van der Waals surface area contributed by atoms with Crippen LogP contribution in [0.2, 0.25) is 0 Å². The molecule has 20 heavy (non-hydrogen) atoms. The van der Waals surface area contributed by atoms with Crippen LogP contribution < -0.4 is 4.74 Å². The van der Waals surface area contributed by atoms with Crippen molar-refractivity contribution in [2.45, 2.75) is 33.6 Å². The molecular weight excluding hydrogens is 250 g/mol. The molecule has 0 amide bonds. The van der Waals surface area contributed by atoms with Gasteiger partial charge in [0, 0.05) is 5.56 Å². The fraction of sp³-hybridized carbons (Fsp3) is 0.588. The number of ether oxygens (including phenoxy) is 1. The minimum absolute atomic E-state index is 0.202. The molecule has 110 valence electrons. The van der Waals surface area contributed by atoms with Crippen molar-refractivity contribution in [2.75, 3.05) is 26.2 Å². The summed E-state index contributed by atoms with van der Waals surface area (Å²) in [7, 11) is 0. The van der Waals surface area contributed by atoms with Gasteiger partial charge in [-0.05, 0) is 62.5 Å². The van der Waals surface area contributed by atoms with Crippen LogP contribution in [-0.2, 0) is 0 Å². The summed E-state index contributed by atoms with van der Waals surface area (Å²) in [5.74, 6) is 1.02. The summed E-state index contributed by atoms with van der Waals surface area (Å²) in [4.78, 5) is 14.5. The zero-order valence-electron chi connectivity index (χ0n) is 12.8. The van der Waals surface area contributed by atoms with Crippen LogP contribution in [0.15, 0.2) is 24.3 Å². The van der Waals surface area contributed by atoms with E-state index in [9.17, 15) is 4.79 Å². The zero-order valence-corrected chi connectivity index (χ0v) is 12.8. The number of rotatable bonds is 5. The zero-order chi connectivity index (χ0) is 14.6. The van der Waals surface area contributed by atoms with Gasteiger partial charge in [0.05, 0.1) is 13.2 Å². The Labute approximate surface area is 121 Å². The molecule has 1 saturated heterocycles. The molecule has 0 aliphatic carbocycles. The summed E-state index contributed by atoms with van der Waals surface area (Å²) in [6, 6.07) is 7.47. The van der Waals surface area contributed by atoms with Crippen LogP contribution in [0.1, 0.15) is 44.0 Å². The highest BCUT2D eigenvalue weighted by atomic mass is 16.5. The molecule has 0 saturated carbocycles. The van der Waals surface area contributed by atoms with Crippen LogP contribution in [0.25, 0.3) is 0 Å². The third-order valence-corrected chi connectivity index (χ3v) is 4.06. The Bertz CT molecular complexity index is 441. The van der Waals surface area contributed by atoms with Crippen molar-refractivity contribution in [2.24, 2.45) is 5.41 Å². The number of hydrogen-bond acceptors (Lipinski definition) is 3. The summed E-state index contributed by atoms with van der Waals surface area (Å²) < 4.78 is 5.39. The third-order valence-electron chi connectivity index (χ3n) is 4.06. The second-order valence-corrected chi connectivity index (χ2v) is 6.32. The smallest absolute Gasteiger partial charge is 0.176 e. The molecule has 0 radical (unpaired) electrons. The molecule has 3 nitrogen and oxygen atoms in total. The van der Waals surface area contributed by atoms with Gasteiger partial charge in [-0.3, -0.25) is 9.69 Å². The van der Waals surface area contributed by atoms with Crippen LogP contribution in [0.4, 0.5) is 0 Å². The maximum Gasteiger partial charge on any atom is 0.176 e. The van der Waals surface area contributed by atoms with Gasteiger partial charge in [-0.1, -0.05) is 13.8 Å². The molecule has 0 bridgehead atoms. The number of piperidine rings is 1. The largest absolute Gasteiger partial charge is 0.494 e. The lowest BCUT2D eigenvalue weighted by Crippen LogP contribution is -2.40. The first-order valence-electron chi connectivity index (χ1n) is 7.48. The Balaban J connectivity index is 1.88. The van der Waals surface area contributed by atoms with E-state index in [1.54, 1.807) is 0 Å². The van der Waals surface area contributed by atoms with Crippen LogP contribution in [0.5, 0.6) is 5.75 Å². The number of benzene rings is 1. The molecule has 0 aromatic heterocycles. The summed E-state index contributed by atoms with van der Waals surface area (Å²) in [5, 5.41) is 0. The van der Waals surface area contributed by atoms with E-state index in [0.29, 0.717) is 18.6 Å². The predicted molar refractivity (Wildman–Crippen MR) is 81.4 cm³/mol. The molecule has 1 aromatic carbocycles. The van der Waals surface area contributed by atoms with Crippen molar-refractivity contribution >= 4 is 5.78 Å². The van der Waals surface area contributed by atoms with Crippen LogP contribution in [-0.4, -0.2) is 36.9 Å². The van der Waals surface area contributed by atoms with Gasteiger partial charge in [0.2, 0.25) is 0 Å². The van der Waals surface area contributed by atoms with Crippen molar-refractivity contribution in [1.82, 2.24) is 4.90 Å². The van der Waals surface area contributed by atoms with Gasteiger partial charge in [0.1, 0.15) is 5.75 Å². The lowest BCUT2D eigenvalue weighted by Gasteiger charge is -2.36. The number of nitrogens with zero attached hydrogens (tertiary/aromatic N) is 1. The Morgan fingerprint density at radius 3 is 2.35 bits per heavy atom. The molecule has 1 aliphatic rings. The number of carbonyl (C=O) groups is 1. The monoisotopic (exact) mass is 275 g/mol. The first kappa shape index (κ1) is 15.0. The SMILES string of the molecule is CCOc1ccc(C(=O)CN2CCC(C)(C)CC2)cc1. The van der Waals surface area contributed by atoms with Crippen molar-refractivity contribution in [3.63, 3.8) is 0 Å². The topological polar surface area (TPSA) is 29.5 Å². The Kier molecular flexibility index (Phi) is 4.81. The van der Waals surface area contributed by atoms with Crippen LogP contribution in [0, 0.1) is 5.41 Å². The Morgan fingerprint density at radius 1 is 1.20 bits per heavy atom. The average molecular weight is 275 g/mol. The van der Waals surface area contributed by atoms with E-state index in [4.69, 9.17) is 4.74 Å². The van der Waals surface area contributed by atoms with Gasteiger partial charge >= 0.3 is 0 Å². The lowest BCUT2D eigenvalue weighted by molar-refractivity contribution is 0.0845. The molecule has 0 unspecified atom stereocenters.